The van der Waals surface area contributed by atoms with Gasteiger partial charge in [-0.05, 0) is 12.5 Å². The van der Waals surface area contributed by atoms with Crippen molar-refractivity contribution < 1.29 is 14.7 Å². The van der Waals surface area contributed by atoms with Gasteiger partial charge in [-0.1, -0.05) is 19.8 Å². The Labute approximate surface area is 99.9 Å². The van der Waals surface area contributed by atoms with Crippen LogP contribution in [0.25, 0.3) is 0 Å². The fourth-order valence-corrected chi connectivity index (χ4v) is 1.43. The van der Waals surface area contributed by atoms with Crippen molar-refractivity contribution in [2.45, 2.75) is 32.6 Å². The minimum absolute atomic E-state index is 0.0591. The highest BCUT2D eigenvalue weighted by Gasteiger charge is 2.11. The van der Waals surface area contributed by atoms with E-state index in [0.29, 0.717) is 6.42 Å². The number of hydrogen-bond acceptors (Lipinski definition) is 3. The molecule has 0 spiro atoms. The summed E-state index contributed by atoms with van der Waals surface area (Å²) in [5.74, 6) is -1.25. The Bertz CT molecular complexity index is 404. The number of anilines is 1. The number of carbonyl (C=O) groups excluding carboxylic acids is 1. The maximum atomic E-state index is 11.5. The van der Waals surface area contributed by atoms with Gasteiger partial charge in [-0.15, -0.1) is 0 Å². The van der Waals surface area contributed by atoms with Gasteiger partial charge >= 0.3 is 5.97 Å². The fraction of sp³-hybridized carbons (Fsp3) is 0.417. The zero-order chi connectivity index (χ0) is 12.7. The molecule has 0 aliphatic carbocycles. The van der Waals surface area contributed by atoms with Crippen LogP contribution in [0.2, 0.25) is 0 Å². The number of unbranched alkanes of at least 4 members (excludes halogenated alkanes) is 2. The molecule has 0 radical (unpaired) electrons. The summed E-state index contributed by atoms with van der Waals surface area (Å²) in [5, 5.41) is 11.5. The topological polar surface area (TPSA) is 79.3 Å². The molecule has 0 atom stereocenters. The van der Waals surface area contributed by atoms with Crippen molar-refractivity contribution in [1.82, 2.24) is 4.98 Å². The van der Waals surface area contributed by atoms with Crippen LogP contribution in [-0.2, 0) is 4.79 Å². The van der Waals surface area contributed by atoms with E-state index in [4.69, 9.17) is 5.11 Å². The minimum Gasteiger partial charge on any atom is -0.478 e. The lowest BCUT2D eigenvalue weighted by molar-refractivity contribution is -0.116. The van der Waals surface area contributed by atoms with Crippen LogP contribution in [0.3, 0.4) is 0 Å². The van der Waals surface area contributed by atoms with E-state index in [2.05, 4.69) is 17.2 Å². The van der Waals surface area contributed by atoms with Gasteiger partial charge in [-0.2, -0.15) is 0 Å². The molecule has 0 unspecified atom stereocenters. The normalized spacial score (nSPS) is 9.94. The third-order valence-corrected chi connectivity index (χ3v) is 2.33. The average Bonchev–Trinajstić information content (AvgIpc) is 2.29. The zero-order valence-corrected chi connectivity index (χ0v) is 9.77. The number of rotatable bonds is 6. The number of pyridine rings is 1. The van der Waals surface area contributed by atoms with Gasteiger partial charge in [0.1, 0.15) is 0 Å². The smallest absolute Gasteiger partial charge is 0.337 e. The lowest BCUT2D eigenvalue weighted by Gasteiger charge is -2.07. The van der Waals surface area contributed by atoms with Crippen molar-refractivity contribution >= 4 is 17.6 Å². The Hall–Kier alpha value is -1.91. The molecule has 1 heterocycles. The van der Waals surface area contributed by atoms with E-state index in [1.165, 1.54) is 18.5 Å². The van der Waals surface area contributed by atoms with Crippen molar-refractivity contribution in [3.05, 3.63) is 24.0 Å². The molecule has 5 nitrogen and oxygen atoms in total. The number of aromatic nitrogens is 1. The number of nitrogens with zero attached hydrogens (tertiary/aromatic N) is 1. The van der Waals surface area contributed by atoms with Crippen LogP contribution in [0, 0.1) is 0 Å². The summed E-state index contributed by atoms with van der Waals surface area (Å²) < 4.78 is 0. The van der Waals surface area contributed by atoms with E-state index in [1.807, 2.05) is 0 Å². The molecule has 0 saturated heterocycles. The van der Waals surface area contributed by atoms with Gasteiger partial charge in [0.15, 0.2) is 0 Å². The van der Waals surface area contributed by atoms with Gasteiger partial charge < -0.3 is 10.4 Å². The minimum atomic E-state index is -1.07. The molecule has 2 N–H and O–H groups in total. The predicted octanol–water partition coefficient (Wildman–Crippen LogP) is 2.30. The van der Waals surface area contributed by atoms with Gasteiger partial charge in [0.25, 0.3) is 0 Å². The molecule has 1 amide bonds. The lowest BCUT2D eigenvalue weighted by atomic mass is 10.2. The molecule has 0 fully saturated rings. The second-order valence-corrected chi connectivity index (χ2v) is 3.73. The first-order valence-electron chi connectivity index (χ1n) is 5.62. The lowest BCUT2D eigenvalue weighted by Crippen LogP contribution is -2.14. The van der Waals surface area contributed by atoms with Crippen molar-refractivity contribution in [3.8, 4) is 0 Å². The highest BCUT2D eigenvalue weighted by Crippen LogP contribution is 2.14. The first-order valence-corrected chi connectivity index (χ1v) is 5.62. The second-order valence-electron chi connectivity index (χ2n) is 3.73. The summed E-state index contributed by atoms with van der Waals surface area (Å²) in [5.41, 5.74) is 0.310. The van der Waals surface area contributed by atoms with E-state index < -0.39 is 5.97 Å². The number of nitrogens with one attached hydrogen (secondary N) is 1. The van der Waals surface area contributed by atoms with Gasteiger partial charge in [-0.3, -0.25) is 9.78 Å². The summed E-state index contributed by atoms with van der Waals surface area (Å²) in [7, 11) is 0. The second kappa shape index (κ2) is 6.62. The van der Waals surface area contributed by atoms with Crippen LogP contribution in [0.4, 0.5) is 5.69 Å². The molecule has 1 aromatic rings. The van der Waals surface area contributed by atoms with Gasteiger partial charge in [0.05, 0.1) is 17.4 Å². The van der Waals surface area contributed by atoms with Crippen molar-refractivity contribution in [2.24, 2.45) is 0 Å². The molecule has 0 bridgehead atoms. The van der Waals surface area contributed by atoms with Gasteiger partial charge in [-0.25, -0.2) is 4.79 Å². The van der Waals surface area contributed by atoms with Crippen molar-refractivity contribution in [3.63, 3.8) is 0 Å². The zero-order valence-electron chi connectivity index (χ0n) is 9.77. The summed E-state index contributed by atoms with van der Waals surface area (Å²) in [6.45, 7) is 2.06. The van der Waals surface area contributed by atoms with Gasteiger partial charge in [0.2, 0.25) is 5.91 Å². The number of amides is 1. The van der Waals surface area contributed by atoms with E-state index >= 15 is 0 Å². The standard InChI is InChI=1S/C12H16N2O3/c1-2-3-4-5-11(15)14-10-8-13-7-6-9(10)12(16)17/h6-8H,2-5H2,1H3,(H,14,15)(H,16,17). The fourth-order valence-electron chi connectivity index (χ4n) is 1.43. The molecule has 0 saturated carbocycles. The van der Waals surface area contributed by atoms with E-state index in [0.717, 1.165) is 19.3 Å². The first-order chi connectivity index (χ1) is 8.15. The maximum absolute atomic E-state index is 11.5. The molecular formula is C12H16N2O3. The van der Waals surface area contributed by atoms with Crippen LogP contribution in [0.5, 0.6) is 0 Å². The Morgan fingerprint density at radius 1 is 1.41 bits per heavy atom. The SMILES string of the molecule is CCCCCC(=O)Nc1cnccc1C(=O)O. The maximum Gasteiger partial charge on any atom is 0.337 e. The van der Waals surface area contributed by atoms with Crippen LogP contribution in [0.1, 0.15) is 43.0 Å². The Morgan fingerprint density at radius 3 is 2.82 bits per heavy atom. The Balaban J connectivity index is 2.61. The van der Waals surface area contributed by atoms with E-state index in [-0.39, 0.29) is 17.2 Å². The van der Waals surface area contributed by atoms with E-state index in [9.17, 15) is 9.59 Å². The number of carboxylic acids is 1. The molecular weight excluding hydrogens is 220 g/mol. The summed E-state index contributed by atoms with van der Waals surface area (Å²) >= 11 is 0. The van der Waals surface area contributed by atoms with Crippen LogP contribution in [-0.4, -0.2) is 22.0 Å². The third kappa shape index (κ3) is 4.22. The highest BCUT2D eigenvalue weighted by atomic mass is 16.4. The number of carboxylic acid groups (broad SMARTS) is 1. The Morgan fingerprint density at radius 2 is 2.18 bits per heavy atom. The van der Waals surface area contributed by atoms with E-state index in [1.54, 1.807) is 0 Å². The molecule has 0 aliphatic rings. The Kier molecular flexibility index (Phi) is 5.13. The largest absolute Gasteiger partial charge is 0.478 e. The van der Waals surface area contributed by atoms with Crippen LogP contribution in [0.15, 0.2) is 18.5 Å². The van der Waals surface area contributed by atoms with Gasteiger partial charge in [0, 0.05) is 12.6 Å². The highest BCUT2D eigenvalue weighted by molar-refractivity contribution is 6.00. The molecule has 0 aliphatic heterocycles. The molecule has 1 aromatic heterocycles. The molecule has 17 heavy (non-hydrogen) atoms. The van der Waals surface area contributed by atoms with Crippen LogP contribution >= 0.6 is 0 Å². The number of hydrogen-bond donors (Lipinski definition) is 2. The monoisotopic (exact) mass is 236 g/mol. The molecule has 1 rings (SSSR count). The quantitative estimate of drug-likeness (QED) is 0.743. The number of aromatic carboxylic acids is 1. The predicted molar refractivity (Wildman–Crippen MR) is 64.0 cm³/mol. The van der Waals surface area contributed by atoms with Crippen molar-refractivity contribution in [1.29, 1.82) is 0 Å². The molecule has 5 heteroatoms. The summed E-state index contributed by atoms with van der Waals surface area (Å²) in [6, 6.07) is 1.37. The summed E-state index contributed by atoms with van der Waals surface area (Å²) in [6.07, 6.45) is 5.98. The van der Waals surface area contributed by atoms with Crippen molar-refractivity contribution in [2.75, 3.05) is 5.32 Å². The third-order valence-electron chi connectivity index (χ3n) is 2.33. The molecule has 92 valence electrons. The molecule has 0 aromatic carbocycles. The average molecular weight is 236 g/mol. The first kappa shape index (κ1) is 13.2. The number of carbonyl (C=O) groups is 2. The van der Waals surface area contributed by atoms with Crippen LogP contribution < -0.4 is 5.32 Å². The summed E-state index contributed by atoms with van der Waals surface area (Å²) in [4.78, 5) is 26.2.